The molecule has 74 valence electrons. The van der Waals surface area contributed by atoms with Crippen molar-refractivity contribution in [2.75, 3.05) is 0 Å². The normalized spacial score (nSPS) is 10.8. The summed E-state index contributed by atoms with van der Waals surface area (Å²) in [6.45, 7) is -0.158. The summed E-state index contributed by atoms with van der Waals surface area (Å²) >= 11 is 3.35. The summed E-state index contributed by atoms with van der Waals surface area (Å²) in [5.41, 5.74) is 1.14. The van der Waals surface area contributed by atoms with E-state index in [1.165, 1.54) is 6.39 Å². The van der Waals surface area contributed by atoms with Gasteiger partial charge in [0.1, 0.15) is 11.4 Å². The second kappa shape index (κ2) is 3.55. The molecule has 0 amide bonds. The molecule has 14 heavy (non-hydrogen) atoms. The van der Waals surface area contributed by atoms with Gasteiger partial charge in [-0.1, -0.05) is 0 Å². The second-order valence-electron chi connectivity index (χ2n) is 2.79. The molecule has 0 bridgehead atoms. The molecule has 0 aliphatic rings. The smallest absolute Gasteiger partial charge is 0.181 e. The summed E-state index contributed by atoms with van der Waals surface area (Å²) in [6, 6.07) is 0. The van der Waals surface area contributed by atoms with Crippen molar-refractivity contribution < 1.29 is 9.52 Å². The number of aryl methyl sites for hydroxylation is 1. The number of aromatic nitrogens is 3. The van der Waals surface area contributed by atoms with Crippen LogP contribution in [0.4, 0.5) is 0 Å². The van der Waals surface area contributed by atoms with Crippen LogP contribution in [-0.4, -0.2) is 19.9 Å². The van der Waals surface area contributed by atoms with Crippen molar-refractivity contribution in [1.29, 1.82) is 0 Å². The van der Waals surface area contributed by atoms with Crippen LogP contribution in [0.25, 0.3) is 11.5 Å². The quantitative estimate of drug-likeness (QED) is 0.882. The third kappa shape index (κ3) is 1.46. The SMILES string of the molecule is Cn1cc(Br)c(-c2ocnc2CO)n1. The van der Waals surface area contributed by atoms with Gasteiger partial charge in [-0.2, -0.15) is 5.10 Å². The lowest BCUT2D eigenvalue weighted by atomic mass is 10.3. The highest BCUT2D eigenvalue weighted by atomic mass is 79.9. The van der Waals surface area contributed by atoms with E-state index in [1.54, 1.807) is 10.9 Å². The van der Waals surface area contributed by atoms with Crippen molar-refractivity contribution in [3.63, 3.8) is 0 Å². The average molecular weight is 258 g/mol. The standard InChI is InChI=1S/C8H8BrN3O2/c1-12-2-5(9)7(11-12)8-6(3-13)10-4-14-8/h2,4,13H,3H2,1H3. The molecule has 0 aliphatic carbocycles. The minimum Gasteiger partial charge on any atom is -0.441 e. The number of aliphatic hydroxyl groups excluding tert-OH is 1. The minimum absolute atomic E-state index is 0.158. The molecule has 1 N–H and O–H groups in total. The van der Waals surface area contributed by atoms with Gasteiger partial charge in [0.15, 0.2) is 12.2 Å². The summed E-state index contributed by atoms with van der Waals surface area (Å²) in [7, 11) is 1.81. The first kappa shape index (κ1) is 9.42. The Balaban J connectivity index is 2.53. The van der Waals surface area contributed by atoms with Crippen molar-refractivity contribution in [2.45, 2.75) is 6.61 Å². The number of halogens is 1. The van der Waals surface area contributed by atoms with Crippen LogP contribution in [0.15, 0.2) is 21.5 Å². The van der Waals surface area contributed by atoms with E-state index >= 15 is 0 Å². The van der Waals surface area contributed by atoms with Crippen molar-refractivity contribution in [3.05, 3.63) is 22.8 Å². The zero-order chi connectivity index (χ0) is 10.1. The molecule has 0 aliphatic heterocycles. The summed E-state index contributed by atoms with van der Waals surface area (Å²) in [4.78, 5) is 3.87. The highest BCUT2D eigenvalue weighted by Gasteiger charge is 2.16. The van der Waals surface area contributed by atoms with Crippen LogP contribution in [0.5, 0.6) is 0 Å². The van der Waals surface area contributed by atoms with Gasteiger partial charge in [-0.25, -0.2) is 4.98 Å². The fourth-order valence-electron chi connectivity index (χ4n) is 1.19. The summed E-state index contributed by atoms with van der Waals surface area (Å²) < 4.78 is 7.63. The van der Waals surface area contributed by atoms with Crippen LogP contribution in [-0.2, 0) is 13.7 Å². The Morgan fingerprint density at radius 3 is 3.00 bits per heavy atom. The van der Waals surface area contributed by atoms with Crippen molar-refractivity contribution in [3.8, 4) is 11.5 Å². The molecule has 2 rings (SSSR count). The van der Waals surface area contributed by atoms with Gasteiger partial charge in [-0.15, -0.1) is 0 Å². The van der Waals surface area contributed by atoms with E-state index in [1.807, 2.05) is 7.05 Å². The van der Waals surface area contributed by atoms with Gasteiger partial charge in [0.05, 0.1) is 11.1 Å². The monoisotopic (exact) mass is 257 g/mol. The second-order valence-corrected chi connectivity index (χ2v) is 3.64. The molecule has 0 saturated carbocycles. The van der Waals surface area contributed by atoms with Crippen LogP contribution in [0.1, 0.15) is 5.69 Å². The number of nitrogens with zero attached hydrogens (tertiary/aromatic N) is 3. The van der Waals surface area contributed by atoms with E-state index in [0.717, 1.165) is 4.47 Å². The molecule has 5 nitrogen and oxygen atoms in total. The van der Waals surface area contributed by atoms with Gasteiger partial charge in [0.25, 0.3) is 0 Å². The molecule has 2 aromatic rings. The molecule has 0 aromatic carbocycles. The Morgan fingerprint density at radius 2 is 2.43 bits per heavy atom. The number of hydrogen-bond acceptors (Lipinski definition) is 4. The Hall–Kier alpha value is -1.14. The van der Waals surface area contributed by atoms with Crippen molar-refractivity contribution >= 4 is 15.9 Å². The van der Waals surface area contributed by atoms with Gasteiger partial charge in [0.2, 0.25) is 0 Å². The predicted octanol–water partition coefficient (Wildman–Crippen LogP) is 1.33. The molecule has 6 heteroatoms. The van der Waals surface area contributed by atoms with Crippen molar-refractivity contribution in [2.24, 2.45) is 7.05 Å². The molecule has 2 aromatic heterocycles. The number of rotatable bonds is 2. The molecule has 0 saturated heterocycles. The van der Waals surface area contributed by atoms with Crippen LogP contribution in [0.2, 0.25) is 0 Å². The maximum atomic E-state index is 8.99. The van der Waals surface area contributed by atoms with E-state index in [4.69, 9.17) is 9.52 Å². The fourth-order valence-corrected chi connectivity index (χ4v) is 1.74. The Bertz CT molecular complexity index is 449. The van der Waals surface area contributed by atoms with Crippen LogP contribution in [0, 0.1) is 0 Å². The largest absolute Gasteiger partial charge is 0.441 e. The first-order valence-electron chi connectivity index (χ1n) is 3.95. The highest BCUT2D eigenvalue weighted by Crippen LogP contribution is 2.28. The lowest BCUT2D eigenvalue weighted by Gasteiger charge is -1.93. The number of aliphatic hydroxyl groups is 1. The number of hydrogen-bond donors (Lipinski definition) is 1. The summed E-state index contributed by atoms with van der Waals surface area (Å²) in [5.74, 6) is 0.500. The maximum absolute atomic E-state index is 8.99. The first-order valence-corrected chi connectivity index (χ1v) is 4.74. The first-order chi connectivity index (χ1) is 6.72. The molecule has 0 radical (unpaired) electrons. The van der Waals surface area contributed by atoms with Gasteiger partial charge in [-0.3, -0.25) is 4.68 Å². The van der Waals surface area contributed by atoms with E-state index in [-0.39, 0.29) is 6.61 Å². The lowest BCUT2D eigenvalue weighted by molar-refractivity contribution is 0.277. The van der Waals surface area contributed by atoms with E-state index in [9.17, 15) is 0 Å². The molecule has 2 heterocycles. The fraction of sp³-hybridized carbons (Fsp3) is 0.250. The highest BCUT2D eigenvalue weighted by molar-refractivity contribution is 9.10. The Morgan fingerprint density at radius 1 is 1.64 bits per heavy atom. The topological polar surface area (TPSA) is 64.1 Å². The number of oxazole rings is 1. The van der Waals surface area contributed by atoms with Crippen LogP contribution in [0.3, 0.4) is 0 Å². The van der Waals surface area contributed by atoms with Crippen LogP contribution < -0.4 is 0 Å². The minimum atomic E-state index is -0.158. The predicted molar refractivity (Wildman–Crippen MR) is 52.3 cm³/mol. The van der Waals surface area contributed by atoms with Gasteiger partial charge in [-0.05, 0) is 15.9 Å². The Labute approximate surface area is 88.5 Å². The van der Waals surface area contributed by atoms with E-state index in [0.29, 0.717) is 17.1 Å². The third-order valence-electron chi connectivity index (χ3n) is 1.79. The molecule has 0 unspecified atom stereocenters. The summed E-state index contributed by atoms with van der Waals surface area (Å²) in [5, 5.41) is 13.2. The van der Waals surface area contributed by atoms with E-state index in [2.05, 4.69) is 26.0 Å². The maximum Gasteiger partial charge on any atom is 0.181 e. The van der Waals surface area contributed by atoms with Crippen molar-refractivity contribution in [1.82, 2.24) is 14.8 Å². The van der Waals surface area contributed by atoms with E-state index < -0.39 is 0 Å². The van der Waals surface area contributed by atoms with Gasteiger partial charge < -0.3 is 9.52 Å². The molecule has 0 atom stereocenters. The third-order valence-corrected chi connectivity index (χ3v) is 2.37. The molecular formula is C8H8BrN3O2. The zero-order valence-corrected chi connectivity index (χ0v) is 9.02. The Kier molecular flexibility index (Phi) is 2.39. The average Bonchev–Trinajstić information content (AvgIpc) is 2.71. The van der Waals surface area contributed by atoms with Gasteiger partial charge >= 0.3 is 0 Å². The zero-order valence-electron chi connectivity index (χ0n) is 7.44. The molecular weight excluding hydrogens is 250 g/mol. The summed E-state index contributed by atoms with van der Waals surface area (Å²) in [6.07, 6.45) is 3.10. The molecule has 0 fully saturated rings. The lowest BCUT2D eigenvalue weighted by Crippen LogP contribution is -1.90. The van der Waals surface area contributed by atoms with Crippen LogP contribution >= 0.6 is 15.9 Å². The van der Waals surface area contributed by atoms with Gasteiger partial charge in [0, 0.05) is 13.2 Å². The molecule has 0 spiro atoms.